The van der Waals surface area contributed by atoms with Crippen LogP contribution in [0.15, 0.2) is 18.2 Å². The Bertz CT molecular complexity index is 352. The molecule has 0 aliphatic heterocycles. The summed E-state index contributed by atoms with van der Waals surface area (Å²) in [5.41, 5.74) is 2.37. The molecule has 0 saturated heterocycles. The predicted molar refractivity (Wildman–Crippen MR) is 77.0 cm³/mol. The van der Waals surface area contributed by atoms with Crippen molar-refractivity contribution in [3.63, 3.8) is 0 Å². The van der Waals surface area contributed by atoms with Gasteiger partial charge in [0.15, 0.2) is 0 Å². The maximum Gasteiger partial charge on any atom is 0.0471 e. The predicted octanol–water partition coefficient (Wildman–Crippen LogP) is 3.68. The Kier molecular flexibility index (Phi) is 5.79. The molecule has 1 aromatic rings. The van der Waals surface area contributed by atoms with E-state index in [4.69, 9.17) is 11.6 Å². The van der Waals surface area contributed by atoms with Crippen LogP contribution in [-0.4, -0.2) is 19.6 Å². The Hall–Kier alpha value is -0.730. The molecule has 0 amide bonds. The van der Waals surface area contributed by atoms with Crippen LogP contribution in [0.5, 0.6) is 0 Å². The molecule has 0 aliphatic rings. The van der Waals surface area contributed by atoms with Crippen LogP contribution in [0.2, 0.25) is 5.02 Å². The Morgan fingerprint density at radius 3 is 2.53 bits per heavy atom. The summed E-state index contributed by atoms with van der Waals surface area (Å²) in [6, 6.07) is 6.89. The van der Waals surface area contributed by atoms with Gasteiger partial charge in [-0.25, -0.2) is 0 Å². The molecule has 0 saturated carbocycles. The van der Waals surface area contributed by atoms with Gasteiger partial charge in [0.05, 0.1) is 0 Å². The average molecular weight is 255 g/mol. The number of nitrogens with zero attached hydrogens (tertiary/aromatic N) is 1. The average Bonchev–Trinajstić information content (AvgIpc) is 2.33. The normalized spacial score (nSPS) is 12.5. The van der Waals surface area contributed by atoms with Crippen LogP contribution in [-0.2, 0) is 6.54 Å². The topological polar surface area (TPSA) is 15.3 Å². The molecule has 2 nitrogen and oxygen atoms in total. The third-order valence-electron chi connectivity index (χ3n) is 3.20. The molecule has 0 aromatic heterocycles. The first-order chi connectivity index (χ1) is 8.13. The standard InChI is InChI=1S/C14H23ClN2/c1-5-11(3)17(6-2)13-8-7-12(10-16-4)14(15)9-13/h7-9,11,16H,5-6,10H2,1-4H3. The molecule has 0 radical (unpaired) electrons. The molecule has 1 aromatic carbocycles. The van der Waals surface area contributed by atoms with Gasteiger partial charge in [0.1, 0.15) is 0 Å². The Morgan fingerprint density at radius 1 is 1.35 bits per heavy atom. The second-order valence-corrected chi connectivity index (χ2v) is 4.76. The highest BCUT2D eigenvalue weighted by atomic mass is 35.5. The minimum absolute atomic E-state index is 0.547. The smallest absolute Gasteiger partial charge is 0.0471 e. The van der Waals surface area contributed by atoms with E-state index in [0.717, 1.165) is 30.1 Å². The lowest BCUT2D eigenvalue weighted by Crippen LogP contribution is -2.32. The van der Waals surface area contributed by atoms with Crippen molar-refractivity contribution in [2.24, 2.45) is 0 Å². The molecule has 1 atom stereocenters. The molecule has 1 unspecified atom stereocenters. The summed E-state index contributed by atoms with van der Waals surface area (Å²) in [6.45, 7) is 8.47. The van der Waals surface area contributed by atoms with Crippen LogP contribution >= 0.6 is 11.6 Å². The number of anilines is 1. The van der Waals surface area contributed by atoms with Crippen LogP contribution in [0, 0.1) is 0 Å². The first-order valence-electron chi connectivity index (χ1n) is 6.33. The first-order valence-corrected chi connectivity index (χ1v) is 6.71. The molecule has 96 valence electrons. The molecule has 1 N–H and O–H groups in total. The van der Waals surface area contributed by atoms with E-state index < -0.39 is 0 Å². The van der Waals surface area contributed by atoms with Gasteiger partial charge in [-0.15, -0.1) is 0 Å². The van der Waals surface area contributed by atoms with Crippen molar-refractivity contribution < 1.29 is 0 Å². The SMILES string of the molecule is CCC(C)N(CC)c1ccc(CNC)c(Cl)c1. The lowest BCUT2D eigenvalue weighted by molar-refractivity contribution is 0.630. The first kappa shape index (κ1) is 14.3. The zero-order valence-electron chi connectivity index (χ0n) is 11.3. The van der Waals surface area contributed by atoms with Crippen LogP contribution in [0.4, 0.5) is 5.69 Å². The van der Waals surface area contributed by atoms with E-state index in [9.17, 15) is 0 Å². The van der Waals surface area contributed by atoms with E-state index in [-0.39, 0.29) is 0 Å². The van der Waals surface area contributed by atoms with Crippen molar-refractivity contribution in [3.05, 3.63) is 28.8 Å². The number of rotatable bonds is 6. The quantitative estimate of drug-likeness (QED) is 0.833. The lowest BCUT2D eigenvalue weighted by Gasteiger charge is -2.30. The van der Waals surface area contributed by atoms with Crippen molar-refractivity contribution >= 4 is 17.3 Å². The molecule has 3 heteroatoms. The minimum atomic E-state index is 0.547. The number of hydrogen-bond acceptors (Lipinski definition) is 2. The third kappa shape index (κ3) is 3.62. The maximum absolute atomic E-state index is 6.29. The van der Waals surface area contributed by atoms with Crippen LogP contribution < -0.4 is 10.2 Å². The number of halogens is 1. The minimum Gasteiger partial charge on any atom is -0.369 e. The Morgan fingerprint density at radius 2 is 2.06 bits per heavy atom. The van der Waals surface area contributed by atoms with Gasteiger partial charge in [-0.3, -0.25) is 0 Å². The zero-order valence-corrected chi connectivity index (χ0v) is 12.0. The lowest BCUT2D eigenvalue weighted by atomic mass is 10.1. The van der Waals surface area contributed by atoms with Gasteiger partial charge >= 0.3 is 0 Å². The van der Waals surface area contributed by atoms with E-state index in [1.807, 2.05) is 7.05 Å². The molecule has 0 spiro atoms. The monoisotopic (exact) mass is 254 g/mol. The number of hydrogen-bond donors (Lipinski definition) is 1. The van der Waals surface area contributed by atoms with Crippen molar-refractivity contribution in [2.45, 2.75) is 39.8 Å². The zero-order chi connectivity index (χ0) is 12.8. The maximum atomic E-state index is 6.29. The van der Waals surface area contributed by atoms with Crippen LogP contribution in [0.3, 0.4) is 0 Å². The van der Waals surface area contributed by atoms with Crippen molar-refractivity contribution in [3.8, 4) is 0 Å². The summed E-state index contributed by atoms with van der Waals surface area (Å²) in [6.07, 6.45) is 1.14. The highest BCUT2D eigenvalue weighted by molar-refractivity contribution is 6.31. The molecule has 17 heavy (non-hydrogen) atoms. The van der Waals surface area contributed by atoms with Crippen molar-refractivity contribution in [1.82, 2.24) is 5.32 Å². The molecule has 0 heterocycles. The summed E-state index contributed by atoms with van der Waals surface area (Å²) >= 11 is 6.29. The fourth-order valence-corrected chi connectivity index (χ4v) is 2.26. The van der Waals surface area contributed by atoms with E-state index in [2.05, 4.69) is 49.2 Å². The van der Waals surface area contributed by atoms with E-state index >= 15 is 0 Å². The Labute approximate surface area is 110 Å². The van der Waals surface area contributed by atoms with E-state index in [0.29, 0.717) is 6.04 Å². The second-order valence-electron chi connectivity index (χ2n) is 4.35. The van der Waals surface area contributed by atoms with E-state index in [1.54, 1.807) is 0 Å². The fraction of sp³-hybridized carbons (Fsp3) is 0.571. The highest BCUT2D eigenvalue weighted by Crippen LogP contribution is 2.25. The van der Waals surface area contributed by atoms with Crippen molar-refractivity contribution in [2.75, 3.05) is 18.5 Å². The fourth-order valence-electron chi connectivity index (χ4n) is 2.02. The third-order valence-corrected chi connectivity index (χ3v) is 3.55. The second kappa shape index (κ2) is 6.87. The highest BCUT2D eigenvalue weighted by Gasteiger charge is 2.12. The molecular formula is C14H23ClN2. The van der Waals surface area contributed by atoms with Gasteiger partial charge in [-0.2, -0.15) is 0 Å². The molecule has 1 rings (SSSR count). The van der Waals surface area contributed by atoms with Crippen molar-refractivity contribution in [1.29, 1.82) is 0 Å². The summed E-state index contributed by atoms with van der Waals surface area (Å²) in [7, 11) is 1.93. The van der Waals surface area contributed by atoms with Gasteiger partial charge < -0.3 is 10.2 Å². The van der Waals surface area contributed by atoms with Gasteiger partial charge in [-0.1, -0.05) is 24.6 Å². The number of benzene rings is 1. The summed E-state index contributed by atoms with van der Waals surface area (Å²) in [5, 5.41) is 3.97. The molecule has 0 fully saturated rings. The molecule has 0 bridgehead atoms. The van der Waals surface area contributed by atoms with Crippen LogP contribution in [0.1, 0.15) is 32.8 Å². The Balaban J connectivity index is 2.94. The summed E-state index contributed by atoms with van der Waals surface area (Å²) in [4.78, 5) is 2.38. The summed E-state index contributed by atoms with van der Waals surface area (Å²) in [5.74, 6) is 0. The number of nitrogens with one attached hydrogen (secondary N) is 1. The largest absolute Gasteiger partial charge is 0.369 e. The molecular weight excluding hydrogens is 232 g/mol. The summed E-state index contributed by atoms with van der Waals surface area (Å²) < 4.78 is 0. The van der Waals surface area contributed by atoms with Gasteiger partial charge in [0, 0.05) is 29.8 Å². The molecule has 0 aliphatic carbocycles. The van der Waals surface area contributed by atoms with Gasteiger partial charge in [-0.05, 0) is 45.0 Å². The van der Waals surface area contributed by atoms with E-state index in [1.165, 1.54) is 5.69 Å². The van der Waals surface area contributed by atoms with Gasteiger partial charge in [0.25, 0.3) is 0 Å². The van der Waals surface area contributed by atoms with Crippen LogP contribution in [0.25, 0.3) is 0 Å². The van der Waals surface area contributed by atoms with Gasteiger partial charge in [0.2, 0.25) is 0 Å².